The van der Waals surface area contributed by atoms with E-state index in [-0.39, 0.29) is 12.0 Å². The van der Waals surface area contributed by atoms with Gasteiger partial charge in [-0.1, -0.05) is 6.92 Å². The average Bonchev–Trinajstić information content (AvgIpc) is 2.83. The molecule has 18 heavy (non-hydrogen) atoms. The van der Waals surface area contributed by atoms with Crippen LogP contribution in [0, 0.1) is 5.92 Å². The number of nitrogens with one attached hydrogen (secondary N) is 1. The third-order valence-corrected chi connectivity index (χ3v) is 4.04. The Labute approximate surface area is 110 Å². The molecule has 0 saturated carbocycles. The number of amides is 1. The van der Waals surface area contributed by atoms with Crippen LogP contribution in [0.5, 0.6) is 0 Å². The summed E-state index contributed by atoms with van der Waals surface area (Å²) in [6, 6.07) is 0.439. The standard InChI is InChI=1S/C14H26N2O2/c1-3-8-16(13-4-6-15-7-5-13)14(17)12-9-11(2)18-10-12/h11-13,15H,3-10H2,1-2H3. The second-order valence-corrected chi connectivity index (χ2v) is 5.59. The number of nitrogens with zero attached hydrogens (tertiary/aromatic N) is 1. The summed E-state index contributed by atoms with van der Waals surface area (Å²) < 4.78 is 5.54. The number of hydrogen-bond donors (Lipinski definition) is 1. The Morgan fingerprint density at radius 2 is 2.11 bits per heavy atom. The van der Waals surface area contributed by atoms with Crippen molar-refractivity contribution < 1.29 is 9.53 Å². The third kappa shape index (κ3) is 3.23. The maximum absolute atomic E-state index is 12.6. The van der Waals surface area contributed by atoms with Crippen LogP contribution in [-0.4, -0.2) is 49.2 Å². The van der Waals surface area contributed by atoms with Crippen LogP contribution < -0.4 is 5.32 Å². The van der Waals surface area contributed by atoms with Crippen molar-refractivity contribution in [2.45, 2.75) is 51.7 Å². The van der Waals surface area contributed by atoms with Gasteiger partial charge in [-0.15, -0.1) is 0 Å². The average molecular weight is 254 g/mol. The highest BCUT2D eigenvalue weighted by molar-refractivity contribution is 5.79. The van der Waals surface area contributed by atoms with Gasteiger partial charge in [0, 0.05) is 12.6 Å². The summed E-state index contributed by atoms with van der Waals surface area (Å²) in [5.74, 6) is 0.425. The van der Waals surface area contributed by atoms with E-state index in [1.54, 1.807) is 0 Å². The third-order valence-electron chi connectivity index (χ3n) is 4.04. The number of hydrogen-bond acceptors (Lipinski definition) is 3. The first-order valence-electron chi connectivity index (χ1n) is 7.35. The topological polar surface area (TPSA) is 41.6 Å². The van der Waals surface area contributed by atoms with Crippen molar-refractivity contribution in [2.75, 3.05) is 26.2 Å². The van der Waals surface area contributed by atoms with Crippen LogP contribution in [0.2, 0.25) is 0 Å². The van der Waals surface area contributed by atoms with Gasteiger partial charge in [-0.25, -0.2) is 0 Å². The zero-order chi connectivity index (χ0) is 13.0. The van der Waals surface area contributed by atoms with Gasteiger partial charge in [-0.2, -0.15) is 0 Å². The van der Waals surface area contributed by atoms with Gasteiger partial charge in [0.1, 0.15) is 0 Å². The molecule has 4 heteroatoms. The van der Waals surface area contributed by atoms with Crippen molar-refractivity contribution in [3.63, 3.8) is 0 Å². The van der Waals surface area contributed by atoms with Gasteiger partial charge in [0.25, 0.3) is 0 Å². The number of carbonyl (C=O) groups excluding carboxylic acids is 1. The molecule has 0 spiro atoms. The van der Waals surface area contributed by atoms with Crippen LogP contribution in [0.3, 0.4) is 0 Å². The van der Waals surface area contributed by atoms with Gasteiger partial charge in [0.05, 0.1) is 18.6 Å². The summed E-state index contributed by atoms with van der Waals surface area (Å²) in [4.78, 5) is 14.7. The summed E-state index contributed by atoms with van der Waals surface area (Å²) in [7, 11) is 0. The quantitative estimate of drug-likeness (QED) is 0.824. The Bertz CT molecular complexity index is 277. The van der Waals surface area contributed by atoms with Crippen LogP contribution in [-0.2, 0) is 9.53 Å². The van der Waals surface area contributed by atoms with Gasteiger partial charge < -0.3 is 15.0 Å². The molecule has 2 atom stereocenters. The first-order valence-corrected chi connectivity index (χ1v) is 7.35. The van der Waals surface area contributed by atoms with E-state index in [1.807, 2.05) is 0 Å². The minimum absolute atomic E-state index is 0.0986. The predicted molar refractivity (Wildman–Crippen MR) is 71.4 cm³/mol. The molecule has 0 radical (unpaired) electrons. The molecule has 0 bridgehead atoms. The molecule has 0 aromatic heterocycles. The van der Waals surface area contributed by atoms with Gasteiger partial charge in [0.15, 0.2) is 0 Å². The minimum atomic E-state index is 0.0986. The highest BCUT2D eigenvalue weighted by atomic mass is 16.5. The van der Waals surface area contributed by atoms with Crippen LogP contribution in [0.4, 0.5) is 0 Å². The molecule has 2 unspecified atom stereocenters. The van der Waals surface area contributed by atoms with Gasteiger partial charge in [-0.05, 0) is 45.7 Å². The lowest BCUT2D eigenvalue weighted by molar-refractivity contribution is -0.138. The van der Waals surface area contributed by atoms with E-state index in [1.165, 1.54) is 0 Å². The molecule has 2 heterocycles. The Kier molecular flexibility index (Phi) is 5.01. The van der Waals surface area contributed by atoms with Crippen LogP contribution >= 0.6 is 0 Å². The first-order chi connectivity index (χ1) is 8.72. The molecule has 104 valence electrons. The fraction of sp³-hybridized carbons (Fsp3) is 0.929. The molecule has 2 aliphatic heterocycles. The summed E-state index contributed by atoms with van der Waals surface area (Å²) in [6.07, 6.45) is 4.36. The lowest BCUT2D eigenvalue weighted by atomic mass is 9.99. The Hall–Kier alpha value is -0.610. The van der Waals surface area contributed by atoms with Crippen molar-refractivity contribution in [1.82, 2.24) is 10.2 Å². The summed E-state index contributed by atoms with van der Waals surface area (Å²) in [6.45, 7) is 7.79. The molecule has 1 N–H and O–H groups in total. The number of carbonyl (C=O) groups is 1. The van der Waals surface area contributed by atoms with Gasteiger partial charge >= 0.3 is 0 Å². The molecule has 0 aromatic carbocycles. The van der Waals surface area contributed by atoms with E-state index >= 15 is 0 Å². The molecule has 2 aliphatic rings. The molecular formula is C14H26N2O2. The van der Waals surface area contributed by atoms with Crippen molar-refractivity contribution in [3.05, 3.63) is 0 Å². The molecule has 0 aromatic rings. The SMILES string of the molecule is CCCN(C(=O)C1COC(C)C1)C1CCNCC1. The second kappa shape index (κ2) is 6.53. The zero-order valence-electron chi connectivity index (χ0n) is 11.7. The zero-order valence-corrected chi connectivity index (χ0v) is 11.7. The molecule has 2 saturated heterocycles. The van der Waals surface area contributed by atoms with E-state index < -0.39 is 0 Å². The Morgan fingerprint density at radius 1 is 1.39 bits per heavy atom. The van der Waals surface area contributed by atoms with Gasteiger partial charge in [0.2, 0.25) is 5.91 Å². The second-order valence-electron chi connectivity index (χ2n) is 5.59. The van der Waals surface area contributed by atoms with Gasteiger partial charge in [-0.3, -0.25) is 4.79 Å². The molecule has 0 aliphatic carbocycles. The molecular weight excluding hydrogens is 228 g/mol. The molecule has 4 nitrogen and oxygen atoms in total. The molecule has 2 rings (SSSR count). The summed E-state index contributed by atoms with van der Waals surface area (Å²) in [5, 5.41) is 3.36. The maximum Gasteiger partial charge on any atom is 0.228 e. The Morgan fingerprint density at radius 3 is 2.67 bits per heavy atom. The minimum Gasteiger partial charge on any atom is -0.378 e. The smallest absolute Gasteiger partial charge is 0.228 e. The first kappa shape index (κ1) is 13.8. The van der Waals surface area contributed by atoms with Crippen molar-refractivity contribution in [2.24, 2.45) is 5.92 Å². The monoisotopic (exact) mass is 254 g/mol. The van der Waals surface area contributed by atoms with Crippen molar-refractivity contribution in [3.8, 4) is 0 Å². The summed E-state index contributed by atoms with van der Waals surface area (Å²) in [5.41, 5.74) is 0. The number of ether oxygens (including phenoxy) is 1. The van der Waals surface area contributed by atoms with Crippen LogP contribution in [0.1, 0.15) is 39.5 Å². The maximum atomic E-state index is 12.6. The predicted octanol–water partition coefficient (Wildman–Crippen LogP) is 1.40. The largest absolute Gasteiger partial charge is 0.378 e. The fourth-order valence-corrected chi connectivity index (χ4v) is 3.06. The van der Waals surface area contributed by atoms with Crippen LogP contribution in [0.15, 0.2) is 0 Å². The van der Waals surface area contributed by atoms with E-state index in [2.05, 4.69) is 24.1 Å². The van der Waals surface area contributed by atoms with E-state index in [4.69, 9.17) is 4.74 Å². The van der Waals surface area contributed by atoms with E-state index in [0.29, 0.717) is 18.6 Å². The number of piperidine rings is 1. The highest BCUT2D eigenvalue weighted by Crippen LogP contribution is 2.24. The fourth-order valence-electron chi connectivity index (χ4n) is 3.06. The summed E-state index contributed by atoms with van der Waals surface area (Å²) >= 11 is 0. The van der Waals surface area contributed by atoms with E-state index in [9.17, 15) is 4.79 Å². The van der Waals surface area contributed by atoms with E-state index in [0.717, 1.165) is 45.3 Å². The normalized spacial score (nSPS) is 29.4. The molecule has 2 fully saturated rings. The number of rotatable bonds is 4. The lowest BCUT2D eigenvalue weighted by Gasteiger charge is -2.36. The van der Waals surface area contributed by atoms with Crippen LogP contribution in [0.25, 0.3) is 0 Å². The Balaban J connectivity index is 1.97. The lowest BCUT2D eigenvalue weighted by Crippen LogP contribution is -2.48. The molecule has 1 amide bonds. The highest BCUT2D eigenvalue weighted by Gasteiger charge is 2.34. The van der Waals surface area contributed by atoms with Crippen molar-refractivity contribution >= 4 is 5.91 Å². The van der Waals surface area contributed by atoms with Crippen molar-refractivity contribution in [1.29, 1.82) is 0 Å².